The number of anilines is 2. The van der Waals surface area contributed by atoms with Crippen LogP contribution in [0.4, 0.5) is 24.9 Å². The number of aromatic nitrogens is 4. The van der Waals surface area contributed by atoms with Crippen LogP contribution < -0.4 is 16.0 Å². The van der Waals surface area contributed by atoms with Gasteiger partial charge < -0.3 is 16.0 Å². The predicted octanol–water partition coefficient (Wildman–Crippen LogP) is 2.42. The minimum atomic E-state index is -4.49. The molecule has 2 aromatic rings. The van der Waals surface area contributed by atoms with Crippen LogP contribution in [0.3, 0.4) is 0 Å². The number of H-pyrrole nitrogens is 1. The summed E-state index contributed by atoms with van der Waals surface area (Å²) in [7, 11) is 1.89. The molecular formula is C14H20Cl2F3N7. The first kappa shape index (κ1) is 22.3. The molecule has 0 spiro atoms. The van der Waals surface area contributed by atoms with Crippen LogP contribution >= 0.6 is 24.8 Å². The summed E-state index contributed by atoms with van der Waals surface area (Å²) in [6.45, 7) is 2.89. The van der Waals surface area contributed by atoms with Crippen LogP contribution in [-0.2, 0) is 6.18 Å². The van der Waals surface area contributed by atoms with Crippen molar-refractivity contribution in [2.75, 3.05) is 30.8 Å². The van der Waals surface area contributed by atoms with Crippen LogP contribution in [0.1, 0.15) is 17.7 Å². The first-order chi connectivity index (χ1) is 11.3. The highest BCUT2D eigenvalue weighted by atomic mass is 35.5. The topological polar surface area (TPSA) is 95.8 Å². The van der Waals surface area contributed by atoms with Crippen molar-refractivity contribution in [2.24, 2.45) is 0 Å². The summed E-state index contributed by atoms with van der Waals surface area (Å²) in [5.74, 6) is 0.595. The second kappa shape index (κ2) is 8.28. The molecule has 3 rings (SSSR count). The van der Waals surface area contributed by atoms with E-state index in [-0.39, 0.29) is 47.7 Å². The number of nitrogens with zero attached hydrogens (tertiary/aromatic N) is 4. The number of likely N-dealkylation sites (N-methyl/N-ethyl adjacent to an activating group) is 1. The van der Waals surface area contributed by atoms with Crippen LogP contribution in [0.5, 0.6) is 0 Å². The van der Waals surface area contributed by atoms with Gasteiger partial charge in [-0.1, -0.05) is 0 Å². The molecule has 1 aliphatic heterocycles. The average Bonchev–Trinajstić information content (AvgIpc) is 3.12. The number of hydrogen-bond acceptors (Lipinski definition) is 6. The minimum Gasteiger partial charge on any atom is -0.368 e. The molecule has 0 aromatic carbocycles. The maximum absolute atomic E-state index is 12.9. The molecule has 0 amide bonds. The Balaban J connectivity index is 0.00000169. The molecule has 1 fully saturated rings. The standard InChI is InChI=1S/C14H18F3N7.2ClH/c1-7-11(22-23-12(7)14(15,16)17)9-5-10(21-13(18)20-9)24-4-3-8(6-24)19-2;;/h5,8,19H,3-4,6H2,1-2H3,(H,22,23)(H2,18,20,21);2*1H/t8-;;/m1../s1. The molecule has 0 saturated carbocycles. The Morgan fingerprint density at radius 1 is 1.31 bits per heavy atom. The number of hydrogen-bond donors (Lipinski definition) is 3. The zero-order valence-electron chi connectivity index (χ0n) is 14.1. The summed E-state index contributed by atoms with van der Waals surface area (Å²) in [5, 5.41) is 9.00. The summed E-state index contributed by atoms with van der Waals surface area (Å²) in [6, 6.07) is 1.96. The van der Waals surface area contributed by atoms with Crippen LogP contribution in [0, 0.1) is 6.92 Å². The molecule has 0 radical (unpaired) electrons. The van der Waals surface area contributed by atoms with E-state index < -0.39 is 11.9 Å². The highest BCUT2D eigenvalue weighted by Crippen LogP contribution is 2.34. The van der Waals surface area contributed by atoms with Gasteiger partial charge in [-0.25, -0.2) is 4.98 Å². The monoisotopic (exact) mass is 413 g/mol. The first-order valence-electron chi connectivity index (χ1n) is 7.49. The number of nitrogen functional groups attached to an aromatic ring is 1. The van der Waals surface area contributed by atoms with E-state index >= 15 is 0 Å². The normalized spacial score (nSPS) is 17.0. The van der Waals surface area contributed by atoms with Gasteiger partial charge >= 0.3 is 6.18 Å². The number of nitrogens with two attached hydrogens (primary N) is 1. The van der Waals surface area contributed by atoms with Gasteiger partial charge in [0.25, 0.3) is 0 Å². The molecule has 1 atom stereocenters. The van der Waals surface area contributed by atoms with E-state index in [4.69, 9.17) is 5.73 Å². The van der Waals surface area contributed by atoms with Crippen molar-refractivity contribution in [1.82, 2.24) is 25.5 Å². The molecule has 146 valence electrons. The van der Waals surface area contributed by atoms with E-state index in [1.807, 2.05) is 17.0 Å². The maximum Gasteiger partial charge on any atom is 0.433 e. The second-order valence-corrected chi connectivity index (χ2v) is 5.76. The lowest BCUT2D eigenvalue weighted by atomic mass is 10.1. The van der Waals surface area contributed by atoms with Crippen molar-refractivity contribution in [2.45, 2.75) is 25.6 Å². The maximum atomic E-state index is 12.9. The summed E-state index contributed by atoms with van der Waals surface area (Å²) in [6.07, 6.45) is -3.54. The fourth-order valence-electron chi connectivity index (χ4n) is 2.86. The molecule has 4 N–H and O–H groups in total. The highest BCUT2D eigenvalue weighted by molar-refractivity contribution is 5.85. The van der Waals surface area contributed by atoms with E-state index in [9.17, 15) is 13.2 Å². The van der Waals surface area contributed by atoms with Gasteiger partial charge in [0.1, 0.15) is 17.2 Å². The summed E-state index contributed by atoms with van der Waals surface area (Å²) in [4.78, 5) is 10.3. The van der Waals surface area contributed by atoms with Crippen LogP contribution in [0.2, 0.25) is 0 Å². The molecule has 1 aliphatic rings. The van der Waals surface area contributed by atoms with Crippen molar-refractivity contribution >= 4 is 36.6 Å². The molecule has 3 heterocycles. The minimum absolute atomic E-state index is 0. The summed E-state index contributed by atoms with van der Waals surface area (Å²) >= 11 is 0. The Bertz CT molecular complexity index is 751. The Labute approximate surface area is 160 Å². The summed E-state index contributed by atoms with van der Waals surface area (Å²) < 4.78 is 38.8. The molecule has 12 heteroatoms. The van der Waals surface area contributed by atoms with Crippen LogP contribution in [0.15, 0.2) is 6.07 Å². The van der Waals surface area contributed by atoms with Gasteiger partial charge in [0.2, 0.25) is 5.95 Å². The Morgan fingerprint density at radius 3 is 2.54 bits per heavy atom. The molecule has 0 aliphatic carbocycles. The van der Waals surface area contributed by atoms with E-state index in [1.54, 1.807) is 6.07 Å². The van der Waals surface area contributed by atoms with Gasteiger partial charge in [0, 0.05) is 30.8 Å². The summed E-state index contributed by atoms with van der Waals surface area (Å²) in [5.41, 5.74) is 5.25. The molecule has 1 saturated heterocycles. The van der Waals surface area contributed by atoms with E-state index in [1.165, 1.54) is 6.92 Å². The lowest BCUT2D eigenvalue weighted by Crippen LogP contribution is -2.30. The van der Waals surface area contributed by atoms with Crippen molar-refractivity contribution in [1.29, 1.82) is 0 Å². The zero-order valence-corrected chi connectivity index (χ0v) is 15.7. The number of halogens is 5. The molecule has 2 aromatic heterocycles. The number of nitrogens with one attached hydrogen (secondary N) is 2. The molecule has 7 nitrogen and oxygen atoms in total. The van der Waals surface area contributed by atoms with Crippen LogP contribution in [-0.4, -0.2) is 46.3 Å². The van der Waals surface area contributed by atoms with Crippen molar-refractivity contribution < 1.29 is 13.2 Å². The third-order valence-electron chi connectivity index (χ3n) is 4.19. The molecule has 0 unspecified atom stereocenters. The zero-order chi connectivity index (χ0) is 17.5. The fourth-order valence-corrected chi connectivity index (χ4v) is 2.86. The Morgan fingerprint density at radius 2 is 2.00 bits per heavy atom. The number of rotatable bonds is 3. The van der Waals surface area contributed by atoms with E-state index in [0.29, 0.717) is 11.9 Å². The first-order valence-corrected chi connectivity index (χ1v) is 7.49. The Kier molecular flexibility index (Phi) is 7.09. The largest absolute Gasteiger partial charge is 0.433 e. The smallest absolute Gasteiger partial charge is 0.368 e. The van der Waals surface area contributed by atoms with E-state index in [2.05, 4.69) is 20.4 Å². The predicted molar refractivity (Wildman–Crippen MR) is 97.9 cm³/mol. The van der Waals surface area contributed by atoms with E-state index in [0.717, 1.165) is 19.5 Å². The second-order valence-electron chi connectivity index (χ2n) is 5.76. The molecule has 26 heavy (non-hydrogen) atoms. The van der Waals surface area contributed by atoms with Gasteiger partial charge in [-0.3, -0.25) is 5.10 Å². The van der Waals surface area contributed by atoms with Gasteiger partial charge in [0.15, 0.2) is 0 Å². The quantitative estimate of drug-likeness (QED) is 0.714. The highest BCUT2D eigenvalue weighted by Gasteiger charge is 2.36. The van der Waals surface area contributed by atoms with Crippen LogP contribution in [0.25, 0.3) is 11.4 Å². The van der Waals surface area contributed by atoms with Gasteiger partial charge in [-0.2, -0.15) is 23.3 Å². The van der Waals surface area contributed by atoms with Crippen molar-refractivity contribution in [3.05, 3.63) is 17.3 Å². The third-order valence-corrected chi connectivity index (χ3v) is 4.19. The number of aromatic amines is 1. The average molecular weight is 414 g/mol. The molecular weight excluding hydrogens is 394 g/mol. The number of alkyl halides is 3. The van der Waals surface area contributed by atoms with Crippen molar-refractivity contribution in [3.8, 4) is 11.4 Å². The SMILES string of the molecule is CN[C@@H]1CCN(c2cc(-c3n[nH]c(C(F)(F)F)c3C)nc(N)n2)C1.Cl.Cl. The Hall–Kier alpha value is -1.78. The molecule has 0 bridgehead atoms. The van der Waals surface area contributed by atoms with Crippen molar-refractivity contribution in [3.63, 3.8) is 0 Å². The van der Waals surface area contributed by atoms with Gasteiger partial charge in [-0.05, 0) is 20.4 Å². The van der Waals surface area contributed by atoms with Gasteiger partial charge in [0.05, 0.1) is 5.69 Å². The van der Waals surface area contributed by atoms with Gasteiger partial charge in [-0.15, -0.1) is 24.8 Å². The lowest BCUT2D eigenvalue weighted by Gasteiger charge is -2.18. The fraction of sp³-hybridized carbons (Fsp3) is 0.500. The lowest BCUT2D eigenvalue weighted by molar-refractivity contribution is -0.141. The third kappa shape index (κ3) is 4.30.